The highest BCUT2D eigenvalue weighted by atomic mass is 35.5. The highest BCUT2D eigenvalue weighted by Crippen LogP contribution is 2.32. The van der Waals surface area contributed by atoms with Crippen molar-refractivity contribution < 1.29 is 4.39 Å². The van der Waals surface area contributed by atoms with E-state index in [1.165, 1.54) is 17.4 Å². The summed E-state index contributed by atoms with van der Waals surface area (Å²) in [5, 5.41) is 15.4. The number of aromatic nitrogens is 3. The van der Waals surface area contributed by atoms with E-state index in [-0.39, 0.29) is 5.82 Å². The van der Waals surface area contributed by atoms with Gasteiger partial charge in [-0.05, 0) is 24.3 Å². The third kappa shape index (κ3) is 4.65. The summed E-state index contributed by atoms with van der Waals surface area (Å²) >= 11 is 10.5. The summed E-state index contributed by atoms with van der Waals surface area (Å²) in [5.41, 5.74) is 2.42. The van der Waals surface area contributed by atoms with E-state index in [1.807, 2.05) is 29.6 Å². The van der Waals surface area contributed by atoms with Crippen LogP contribution in [0.1, 0.15) is 5.69 Å². The van der Waals surface area contributed by atoms with Crippen LogP contribution in [0.3, 0.4) is 0 Å². The lowest BCUT2D eigenvalue weighted by atomic mass is 10.2. The van der Waals surface area contributed by atoms with Crippen LogP contribution in [0.25, 0.3) is 10.6 Å². The summed E-state index contributed by atoms with van der Waals surface area (Å²) in [7, 11) is 0. The van der Waals surface area contributed by atoms with Crippen molar-refractivity contribution in [2.45, 2.75) is 10.1 Å². The second-order valence-electron chi connectivity index (χ2n) is 5.42. The zero-order valence-electron chi connectivity index (χ0n) is 13.7. The van der Waals surface area contributed by atoms with Crippen LogP contribution in [0.4, 0.5) is 15.2 Å². The molecule has 0 radical (unpaired) electrons. The first kappa shape index (κ1) is 18.4. The molecule has 9 heteroatoms. The number of nitrogens with zero attached hydrogens (tertiary/aromatic N) is 3. The molecule has 0 aliphatic carbocycles. The highest BCUT2D eigenvalue weighted by Gasteiger charge is 2.10. The van der Waals surface area contributed by atoms with Crippen molar-refractivity contribution in [2.24, 2.45) is 0 Å². The number of hydrogen-bond donors (Lipinski definition) is 1. The third-order valence-corrected chi connectivity index (χ3v) is 6.71. The SMILES string of the molecule is Fc1ccccc1Nc1nnc(SCc2csc(-c3ccc(Cl)cc3)n2)s1. The summed E-state index contributed by atoms with van der Waals surface area (Å²) in [5.74, 6) is 0.373. The molecule has 0 bridgehead atoms. The standard InChI is InChI=1S/C18H12ClFN4S3/c19-12-7-5-11(6-8-12)16-21-13(9-25-16)10-26-18-24-23-17(27-18)22-15-4-2-1-3-14(15)20/h1-9H,10H2,(H,22,23). The van der Waals surface area contributed by atoms with Gasteiger partial charge in [-0.2, -0.15) is 0 Å². The number of para-hydroxylation sites is 1. The van der Waals surface area contributed by atoms with Gasteiger partial charge in [0.25, 0.3) is 0 Å². The van der Waals surface area contributed by atoms with E-state index in [9.17, 15) is 4.39 Å². The molecular weight excluding hydrogens is 423 g/mol. The maximum absolute atomic E-state index is 13.7. The molecule has 0 fully saturated rings. The molecule has 136 valence electrons. The molecule has 0 atom stereocenters. The second kappa shape index (κ2) is 8.35. The second-order valence-corrected chi connectivity index (χ2v) is 8.91. The molecule has 0 saturated carbocycles. The van der Waals surface area contributed by atoms with E-state index in [0.29, 0.717) is 21.6 Å². The molecule has 4 rings (SSSR count). The van der Waals surface area contributed by atoms with Gasteiger partial charge in [0, 0.05) is 21.7 Å². The lowest BCUT2D eigenvalue weighted by Gasteiger charge is -2.01. The molecule has 1 N–H and O–H groups in total. The van der Waals surface area contributed by atoms with Crippen molar-refractivity contribution in [3.8, 4) is 10.6 Å². The molecule has 27 heavy (non-hydrogen) atoms. The van der Waals surface area contributed by atoms with Crippen LogP contribution in [-0.4, -0.2) is 15.2 Å². The Morgan fingerprint density at radius 1 is 1.07 bits per heavy atom. The van der Waals surface area contributed by atoms with Crippen LogP contribution in [0.5, 0.6) is 0 Å². The maximum atomic E-state index is 13.7. The number of thiazole rings is 1. The number of halogens is 2. The minimum Gasteiger partial charge on any atom is -0.328 e. The summed E-state index contributed by atoms with van der Waals surface area (Å²) < 4.78 is 14.5. The van der Waals surface area contributed by atoms with Gasteiger partial charge in [-0.1, -0.05) is 59.0 Å². The Bertz CT molecular complexity index is 1050. The van der Waals surface area contributed by atoms with Crippen molar-refractivity contribution in [2.75, 3.05) is 5.32 Å². The Balaban J connectivity index is 1.38. The van der Waals surface area contributed by atoms with E-state index >= 15 is 0 Å². The Kier molecular flexibility index (Phi) is 5.68. The number of benzene rings is 2. The van der Waals surface area contributed by atoms with Crippen molar-refractivity contribution in [1.29, 1.82) is 0 Å². The number of hydrogen-bond acceptors (Lipinski definition) is 7. The van der Waals surface area contributed by atoms with E-state index < -0.39 is 0 Å². The number of rotatable bonds is 6. The molecule has 2 aromatic carbocycles. The average molecular weight is 435 g/mol. The van der Waals surface area contributed by atoms with Gasteiger partial charge in [0.1, 0.15) is 10.8 Å². The first-order chi connectivity index (χ1) is 13.2. The summed E-state index contributed by atoms with van der Waals surface area (Å²) in [4.78, 5) is 4.66. The van der Waals surface area contributed by atoms with E-state index in [0.717, 1.165) is 20.6 Å². The van der Waals surface area contributed by atoms with Crippen LogP contribution in [0, 0.1) is 5.82 Å². The third-order valence-electron chi connectivity index (χ3n) is 3.51. The molecule has 4 nitrogen and oxygen atoms in total. The van der Waals surface area contributed by atoms with Gasteiger partial charge >= 0.3 is 0 Å². The zero-order valence-corrected chi connectivity index (χ0v) is 16.9. The maximum Gasteiger partial charge on any atom is 0.210 e. The van der Waals surface area contributed by atoms with Crippen LogP contribution in [0.2, 0.25) is 5.02 Å². The normalized spacial score (nSPS) is 10.9. The van der Waals surface area contributed by atoms with Gasteiger partial charge in [0.2, 0.25) is 5.13 Å². The van der Waals surface area contributed by atoms with E-state index in [2.05, 4.69) is 20.5 Å². The van der Waals surface area contributed by atoms with Crippen LogP contribution < -0.4 is 5.32 Å². The average Bonchev–Trinajstić information content (AvgIpc) is 3.32. The molecule has 4 aromatic rings. The van der Waals surface area contributed by atoms with Gasteiger partial charge in [-0.15, -0.1) is 21.5 Å². The summed E-state index contributed by atoms with van der Waals surface area (Å²) in [6, 6.07) is 14.1. The largest absolute Gasteiger partial charge is 0.328 e. The first-order valence-electron chi connectivity index (χ1n) is 7.85. The predicted octanol–water partition coefficient (Wildman–Crippen LogP) is 6.49. The van der Waals surface area contributed by atoms with Gasteiger partial charge in [0.05, 0.1) is 11.4 Å². The summed E-state index contributed by atoms with van der Waals surface area (Å²) in [6.45, 7) is 0. The van der Waals surface area contributed by atoms with Crippen LogP contribution >= 0.6 is 46.0 Å². The van der Waals surface area contributed by atoms with Gasteiger partial charge in [-0.3, -0.25) is 0 Å². The number of thioether (sulfide) groups is 1. The molecule has 0 amide bonds. The predicted molar refractivity (Wildman–Crippen MR) is 112 cm³/mol. The van der Waals surface area contributed by atoms with Crippen molar-refractivity contribution in [3.63, 3.8) is 0 Å². The fourth-order valence-electron chi connectivity index (χ4n) is 2.23. The lowest BCUT2D eigenvalue weighted by molar-refractivity contribution is 0.632. The fourth-order valence-corrected chi connectivity index (χ4v) is 4.94. The first-order valence-corrected chi connectivity index (χ1v) is 10.9. The Labute approximate surface area is 172 Å². The van der Waals surface area contributed by atoms with Crippen molar-refractivity contribution >= 4 is 56.9 Å². The number of nitrogens with one attached hydrogen (secondary N) is 1. The molecule has 0 aliphatic rings. The Morgan fingerprint density at radius 2 is 1.89 bits per heavy atom. The Morgan fingerprint density at radius 3 is 2.70 bits per heavy atom. The van der Waals surface area contributed by atoms with Gasteiger partial charge in [-0.25, -0.2) is 9.37 Å². The van der Waals surface area contributed by atoms with Crippen LogP contribution in [-0.2, 0) is 5.75 Å². The van der Waals surface area contributed by atoms with E-state index in [4.69, 9.17) is 11.6 Å². The highest BCUT2D eigenvalue weighted by molar-refractivity contribution is 8.00. The summed E-state index contributed by atoms with van der Waals surface area (Å²) in [6.07, 6.45) is 0. The monoisotopic (exact) mass is 434 g/mol. The molecule has 0 saturated heterocycles. The fraction of sp³-hybridized carbons (Fsp3) is 0.0556. The number of anilines is 2. The molecule has 2 aromatic heterocycles. The van der Waals surface area contributed by atoms with Crippen molar-refractivity contribution in [1.82, 2.24) is 15.2 Å². The molecule has 2 heterocycles. The quantitative estimate of drug-likeness (QED) is 0.351. The molecule has 0 unspecified atom stereocenters. The molecule has 0 spiro atoms. The zero-order chi connectivity index (χ0) is 18.6. The Hall–Kier alpha value is -2.00. The molecule has 0 aliphatic heterocycles. The molecular formula is C18H12ClFN4S3. The van der Waals surface area contributed by atoms with Gasteiger partial charge in [0.15, 0.2) is 4.34 Å². The topological polar surface area (TPSA) is 50.7 Å². The van der Waals surface area contributed by atoms with Crippen LogP contribution in [0.15, 0.2) is 58.3 Å². The van der Waals surface area contributed by atoms with E-state index in [1.54, 1.807) is 41.3 Å². The van der Waals surface area contributed by atoms with Crippen molar-refractivity contribution in [3.05, 3.63) is 70.4 Å². The minimum absolute atomic E-state index is 0.320. The minimum atomic E-state index is -0.320. The smallest absolute Gasteiger partial charge is 0.210 e. The lowest BCUT2D eigenvalue weighted by Crippen LogP contribution is -1.92. The van der Waals surface area contributed by atoms with Gasteiger partial charge < -0.3 is 5.32 Å².